The Labute approximate surface area is 173 Å². The summed E-state index contributed by atoms with van der Waals surface area (Å²) in [7, 11) is 0. The van der Waals surface area contributed by atoms with Crippen LogP contribution in [0.1, 0.15) is 24.4 Å². The van der Waals surface area contributed by atoms with Gasteiger partial charge in [0.1, 0.15) is 22.7 Å². The average molecular weight is 456 g/mol. The first-order chi connectivity index (χ1) is 14.0. The first-order valence-electron chi connectivity index (χ1n) is 9.20. The summed E-state index contributed by atoms with van der Waals surface area (Å²) in [6.45, 7) is -0.512. The third kappa shape index (κ3) is 4.31. The van der Waals surface area contributed by atoms with Gasteiger partial charge in [0, 0.05) is 18.7 Å². The van der Waals surface area contributed by atoms with Gasteiger partial charge in [0.15, 0.2) is 0 Å². The Hall–Kier alpha value is -2.14. The molecule has 2 atom stereocenters. The van der Waals surface area contributed by atoms with Gasteiger partial charge in [-0.25, -0.2) is 13.6 Å². The molecule has 30 heavy (non-hydrogen) atoms. The normalized spacial score (nSPS) is 25.4. The summed E-state index contributed by atoms with van der Waals surface area (Å²) < 4.78 is 66.9. The largest absolute Gasteiger partial charge is 0.394 e. The van der Waals surface area contributed by atoms with E-state index in [-0.39, 0.29) is 31.5 Å². The molecule has 2 fully saturated rings. The van der Waals surface area contributed by atoms with Crippen LogP contribution in [0, 0.1) is 23.5 Å². The minimum absolute atomic E-state index is 0.0397. The van der Waals surface area contributed by atoms with Gasteiger partial charge in [-0.2, -0.15) is 13.2 Å². The summed E-state index contributed by atoms with van der Waals surface area (Å²) >= 11 is 5.60. The van der Waals surface area contributed by atoms with E-state index in [4.69, 9.17) is 11.6 Å². The number of benzene rings is 1. The lowest BCUT2D eigenvalue weighted by atomic mass is 9.69. The summed E-state index contributed by atoms with van der Waals surface area (Å²) in [4.78, 5) is 25.6. The van der Waals surface area contributed by atoms with Crippen LogP contribution in [-0.4, -0.2) is 53.9 Å². The highest BCUT2D eigenvalue weighted by Crippen LogP contribution is 2.50. The minimum Gasteiger partial charge on any atom is -0.394 e. The van der Waals surface area contributed by atoms with E-state index in [9.17, 15) is 36.6 Å². The molecule has 0 aromatic heterocycles. The van der Waals surface area contributed by atoms with Crippen molar-refractivity contribution in [2.45, 2.75) is 31.1 Å². The SMILES string of the molecule is O=C1NCCN(C(=O)NC(c2ccc(F)c(Cl)c2F)C2CC(C(F)(F)F)C2)[C@@H]1CO. The average Bonchev–Trinajstić information content (AvgIpc) is 2.63. The van der Waals surface area contributed by atoms with E-state index in [1.54, 1.807) is 0 Å². The van der Waals surface area contributed by atoms with E-state index >= 15 is 0 Å². The second kappa shape index (κ2) is 8.54. The van der Waals surface area contributed by atoms with E-state index in [2.05, 4.69) is 10.6 Å². The van der Waals surface area contributed by atoms with Gasteiger partial charge in [-0.05, 0) is 24.8 Å². The van der Waals surface area contributed by atoms with Gasteiger partial charge in [-0.1, -0.05) is 17.7 Å². The zero-order valence-electron chi connectivity index (χ0n) is 15.5. The van der Waals surface area contributed by atoms with Gasteiger partial charge in [0.25, 0.3) is 0 Å². The maximum Gasteiger partial charge on any atom is 0.391 e. The van der Waals surface area contributed by atoms with Gasteiger partial charge in [-0.3, -0.25) is 4.79 Å². The Kier molecular flexibility index (Phi) is 6.42. The minimum atomic E-state index is -4.42. The molecule has 1 heterocycles. The van der Waals surface area contributed by atoms with Crippen LogP contribution < -0.4 is 10.6 Å². The van der Waals surface area contributed by atoms with Crippen LogP contribution in [0.25, 0.3) is 0 Å². The fourth-order valence-electron chi connectivity index (χ4n) is 3.79. The van der Waals surface area contributed by atoms with Crippen molar-refractivity contribution >= 4 is 23.5 Å². The van der Waals surface area contributed by atoms with E-state index in [1.807, 2.05) is 0 Å². The lowest BCUT2D eigenvalue weighted by Gasteiger charge is -2.43. The summed E-state index contributed by atoms with van der Waals surface area (Å²) in [5.74, 6) is -5.17. The Morgan fingerprint density at radius 2 is 2.00 bits per heavy atom. The molecule has 1 aromatic carbocycles. The van der Waals surface area contributed by atoms with Crippen LogP contribution in [0.2, 0.25) is 5.02 Å². The second-order valence-corrected chi connectivity index (χ2v) is 7.72. The second-order valence-electron chi connectivity index (χ2n) is 7.34. The summed E-state index contributed by atoms with van der Waals surface area (Å²) in [6, 6.07) is -1.38. The molecule has 0 spiro atoms. The van der Waals surface area contributed by atoms with Crippen molar-refractivity contribution in [2.24, 2.45) is 11.8 Å². The Bertz CT molecular complexity index is 832. The molecule has 166 valence electrons. The number of aliphatic hydroxyl groups is 1. The van der Waals surface area contributed by atoms with Gasteiger partial charge in [-0.15, -0.1) is 0 Å². The van der Waals surface area contributed by atoms with Crippen molar-refractivity contribution in [2.75, 3.05) is 19.7 Å². The molecule has 0 radical (unpaired) electrons. The highest BCUT2D eigenvalue weighted by molar-refractivity contribution is 6.31. The Morgan fingerprint density at radius 1 is 1.33 bits per heavy atom. The predicted molar refractivity (Wildman–Crippen MR) is 95.5 cm³/mol. The van der Waals surface area contributed by atoms with Crippen LogP contribution in [0.4, 0.5) is 26.7 Å². The first-order valence-corrected chi connectivity index (χ1v) is 9.58. The molecular formula is C18H19ClF5N3O3. The van der Waals surface area contributed by atoms with Crippen molar-refractivity contribution in [3.05, 3.63) is 34.4 Å². The van der Waals surface area contributed by atoms with E-state index in [0.29, 0.717) is 0 Å². The standard InChI is InChI=1S/C18H19ClF5N3O3/c19-13-11(20)2-1-10(14(13)21)15(8-5-9(6-8)18(22,23)24)26-17(30)27-4-3-25-16(29)12(27)7-28/h1-2,8-9,12,15,28H,3-7H2,(H,25,29)(H,26,30)/t8?,9?,12-,15?/m1/s1. The molecule has 3 N–H and O–H groups in total. The van der Waals surface area contributed by atoms with Crippen LogP contribution in [0.5, 0.6) is 0 Å². The number of hydrogen-bond acceptors (Lipinski definition) is 3. The molecule has 1 aromatic rings. The van der Waals surface area contributed by atoms with Crippen molar-refractivity contribution in [1.29, 1.82) is 0 Å². The lowest BCUT2D eigenvalue weighted by Crippen LogP contribution is -2.61. The fraction of sp³-hybridized carbons (Fsp3) is 0.556. The highest BCUT2D eigenvalue weighted by Gasteiger charge is 2.51. The summed E-state index contributed by atoms with van der Waals surface area (Å²) in [5.41, 5.74) is -0.248. The number of urea groups is 1. The molecule has 3 amide bonds. The number of aliphatic hydroxyl groups excluding tert-OH is 1. The van der Waals surface area contributed by atoms with Gasteiger partial charge >= 0.3 is 12.2 Å². The third-order valence-electron chi connectivity index (χ3n) is 5.55. The fourth-order valence-corrected chi connectivity index (χ4v) is 3.96. The maximum atomic E-state index is 14.6. The Morgan fingerprint density at radius 3 is 2.60 bits per heavy atom. The molecular weight excluding hydrogens is 437 g/mol. The number of halogens is 6. The van der Waals surface area contributed by atoms with Crippen molar-refractivity contribution < 1.29 is 36.6 Å². The van der Waals surface area contributed by atoms with Crippen molar-refractivity contribution in [1.82, 2.24) is 15.5 Å². The van der Waals surface area contributed by atoms with E-state index in [1.165, 1.54) is 0 Å². The molecule has 1 aliphatic heterocycles. The van der Waals surface area contributed by atoms with E-state index < -0.39 is 65.3 Å². The quantitative estimate of drug-likeness (QED) is 0.482. The maximum absolute atomic E-state index is 14.6. The molecule has 1 aliphatic carbocycles. The number of nitrogens with one attached hydrogen (secondary N) is 2. The molecule has 0 bridgehead atoms. The zero-order chi connectivity index (χ0) is 22.2. The molecule has 1 saturated carbocycles. The third-order valence-corrected chi connectivity index (χ3v) is 5.90. The number of alkyl halides is 3. The monoisotopic (exact) mass is 455 g/mol. The van der Waals surface area contributed by atoms with Crippen LogP contribution >= 0.6 is 11.6 Å². The Balaban J connectivity index is 1.86. The van der Waals surface area contributed by atoms with Gasteiger partial charge in [0.05, 0.1) is 18.6 Å². The van der Waals surface area contributed by atoms with Crippen LogP contribution in [0.3, 0.4) is 0 Å². The molecule has 1 unspecified atom stereocenters. The number of rotatable bonds is 4. The molecule has 6 nitrogen and oxygen atoms in total. The van der Waals surface area contributed by atoms with Crippen LogP contribution in [0.15, 0.2) is 12.1 Å². The number of carbonyl (C=O) groups excluding carboxylic acids is 2. The topological polar surface area (TPSA) is 81.7 Å². The summed E-state index contributed by atoms with van der Waals surface area (Å²) in [6.07, 6.45) is -5.13. The van der Waals surface area contributed by atoms with Gasteiger partial charge in [0.2, 0.25) is 5.91 Å². The summed E-state index contributed by atoms with van der Waals surface area (Å²) in [5, 5.41) is 13.5. The number of hydrogen-bond donors (Lipinski definition) is 3. The molecule has 3 rings (SSSR count). The number of nitrogens with zero attached hydrogens (tertiary/aromatic N) is 1. The smallest absolute Gasteiger partial charge is 0.391 e. The number of piperazine rings is 1. The van der Waals surface area contributed by atoms with Gasteiger partial charge < -0.3 is 20.6 Å². The number of amides is 3. The van der Waals surface area contributed by atoms with Crippen molar-refractivity contribution in [3.8, 4) is 0 Å². The highest BCUT2D eigenvalue weighted by atomic mass is 35.5. The molecule has 12 heteroatoms. The number of carbonyl (C=O) groups is 2. The van der Waals surface area contributed by atoms with Crippen LogP contribution in [-0.2, 0) is 4.79 Å². The lowest BCUT2D eigenvalue weighted by molar-refractivity contribution is -0.206. The van der Waals surface area contributed by atoms with E-state index in [0.717, 1.165) is 17.0 Å². The molecule has 2 aliphatic rings. The predicted octanol–water partition coefficient (Wildman–Crippen LogP) is 2.75. The molecule has 1 saturated heterocycles. The van der Waals surface area contributed by atoms with Crippen molar-refractivity contribution in [3.63, 3.8) is 0 Å². The first kappa shape index (κ1) is 22.5. The zero-order valence-corrected chi connectivity index (χ0v) is 16.2.